The zero-order valence-electron chi connectivity index (χ0n) is 14.9. The highest BCUT2D eigenvalue weighted by Gasteiger charge is 2.36. The summed E-state index contributed by atoms with van der Waals surface area (Å²) < 4.78 is 6.16. The highest BCUT2D eigenvalue weighted by Crippen LogP contribution is 2.35. The summed E-state index contributed by atoms with van der Waals surface area (Å²) in [5.41, 5.74) is 5.00. The smallest absolute Gasteiger partial charge is 0.0951 e. The van der Waals surface area contributed by atoms with Crippen molar-refractivity contribution in [3.8, 4) is 0 Å². The van der Waals surface area contributed by atoms with Crippen molar-refractivity contribution in [3.63, 3.8) is 0 Å². The number of likely N-dealkylation sites (tertiary alicyclic amines) is 1. The molecule has 4 rings (SSSR count). The maximum atomic E-state index is 10.7. The van der Waals surface area contributed by atoms with Crippen LogP contribution in [0.4, 0.5) is 0 Å². The summed E-state index contributed by atoms with van der Waals surface area (Å²) in [7, 11) is 0. The number of nitrogens with zero attached hydrogens (tertiary/aromatic N) is 1. The predicted molar refractivity (Wildman–Crippen MR) is 99.5 cm³/mol. The number of benzene rings is 2. The van der Waals surface area contributed by atoms with E-state index in [0.29, 0.717) is 12.7 Å². The van der Waals surface area contributed by atoms with Crippen LogP contribution in [0.5, 0.6) is 0 Å². The van der Waals surface area contributed by atoms with Gasteiger partial charge in [-0.25, -0.2) is 0 Å². The molecule has 3 nitrogen and oxygen atoms in total. The summed E-state index contributed by atoms with van der Waals surface area (Å²) in [6.07, 6.45) is 3.04. The summed E-state index contributed by atoms with van der Waals surface area (Å²) in [6, 6.07) is 17.0. The Labute approximate surface area is 150 Å². The molecule has 0 spiro atoms. The molecule has 0 aromatic heterocycles. The maximum absolute atomic E-state index is 10.7. The van der Waals surface area contributed by atoms with Gasteiger partial charge in [-0.1, -0.05) is 48.5 Å². The number of aliphatic hydroxyl groups is 1. The van der Waals surface area contributed by atoms with E-state index in [0.717, 1.165) is 37.9 Å². The van der Waals surface area contributed by atoms with Crippen LogP contribution in [0, 0.1) is 6.92 Å². The number of aliphatic hydroxyl groups excluding tert-OH is 1. The van der Waals surface area contributed by atoms with Crippen LogP contribution in [0.15, 0.2) is 48.5 Å². The van der Waals surface area contributed by atoms with Crippen LogP contribution in [0.3, 0.4) is 0 Å². The molecule has 1 N–H and O–H groups in total. The molecule has 132 valence electrons. The molecule has 1 heterocycles. The lowest BCUT2D eigenvalue weighted by Gasteiger charge is -2.37. The van der Waals surface area contributed by atoms with Crippen molar-refractivity contribution >= 4 is 0 Å². The van der Waals surface area contributed by atoms with E-state index in [1.807, 2.05) is 6.07 Å². The fourth-order valence-corrected chi connectivity index (χ4v) is 4.24. The molecule has 0 saturated carbocycles. The van der Waals surface area contributed by atoms with Crippen molar-refractivity contribution in [2.45, 2.75) is 51.0 Å². The normalized spacial score (nSPS) is 24.4. The van der Waals surface area contributed by atoms with E-state index in [9.17, 15) is 5.11 Å². The molecular formula is C22H27NO2. The minimum Gasteiger partial charge on any atom is -0.387 e. The number of ether oxygens (including phenoxy) is 1. The van der Waals surface area contributed by atoms with Crippen molar-refractivity contribution in [1.29, 1.82) is 0 Å². The number of aryl methyl sites for hydroxylation is 1. The summed E-state index contributed by atoms with van der Waals surface area (Å²) >= 11 is 0. The Balaban J connectivity index is 1.30. The quantitative estimate of drug-likeness (QED) is 0.925. The van der Waals surface area contributed by atoms with Crippen LogP contribution in [0.25, 0.3) is 0 Å². The second-order valence-corrected chi connectivity index (χ2v) is 7.39. The molecule has 0 amide bonds. The lowest BCUT2D eigenvalue weighted by Crippen LogP contribution is -2.45. The summed E-state index contributed by atoms with van der Waals surface area (Å²) in [5, 5.41) is 10.7. The molecule has 1 fully saturated rings. The fourth-order valence-electron chi connectivity index (χ4n) is 4.24. The van der Waals surface area contributed by atoms with E-state index in [4.69, 9.17) is 4.74 Å². The van der Waals surface area contributed by atoms with Crippen LogP contribution in [0.1, 0.15) is 41.2 Å². The second kappa shape index (κ2) is 7.28. The molecule has 2 aromatic carbocycles. The van der Waals surface area contributed by atoms with Crippen molar-refractivity contribution in [3.05, 3.63) is 70.8 Å². The van der Waals surface area contributed by atoms with Gasteiger partial charge in [0, 0.05) is 19.1 Å². The summed E-state index contributed by atoms with van der Waals surface area (Å²) in [5.74, 6) is 0. The lowest BCUT2D eigenvalue weighted by atomic mass is 10.0. The number of piperidine rings is 1. The van der Waals surface area contributed by atoms with Gasteiger partial charge in [-0.05, 0) is 48.4 Å². The predicted octanol–water partition coefficient (Wildman–Crippen LogP) is 3.63. The average molecular weight is 337 g/mol. The van der Waals surface area contributed by atoms with Crippen molar-refractivity contribution in [1.82, 2.24) is 4.90 Å². The zero-order chi connectivity index (χ0) is 17.2. The highest BCUT2D eigenvalue weighted by atomic mass is 16.5. The summed E-state index contributed by atoms with van der Waals surface area (Å²) in [4.78, 5) is 2.46. The van der Waals surface area contributed by atoms with Gasteiger partial charge in [0.15, 0.2) is 0 Å². The van der Waals surface area contributed by atoms with Gasteiger partial charge in [0.2, 0.25) is 0 Å². The van der Waals surface area contributed by atoms with Crippen LogP contribution < -0.4 is 0 Å². The van der Waals surface area contributed by atoms with Crippen LogP contribution in [0.2, 0.25) is 0 Å². The molecule has 2 aliphatic rings. The third-order valence-corrected chi connectivity index (χ3v) is 5.85. The average Bonchev–Trinajstić information content (AvgIpc) is 2.99. The van der Waals surface area contributed by atoms with Gasteiger partial charge >= 0.3 is 0 Å². The molecule has 1 aliphatic heterocycles. The molecule has 2 unspecified atom stereocenters. The standard InChI is InChI=1S/C22H27NO2/c1-16-6-2-3-8-18(16)15-25-19-10-12-23(13-11-19)21-14-17-7-4-5-9-20(17)22(21)24/h2-9,19,21-22,24H,10-15H2,1H3. The molecule has 1 saturated heterocycles. The van der Waals surface area contributed by atoms with Crippen molar-refractivity contribution < 1.29 is 9.84 Å². The minimum atomic E-state index is -0.347. The van der Waals surface area contributed by atoms with Gasteiger partial charge in [-0.15, -0.1) is 0 Å². The van der Waals surface area contributed by atoms with Crippen LogP contribution in [-0.2, 0) is 17.8 Å². The third kappa shape index (κ3) is 3.50. The molecular weight excluding hydrogens is 310 g/mol. The second-order valence-electron chi connectivity index (χ2n) is 7.39. The Kier molecular flexibility index (Phi) is 4.89. The van der Waals surface area contributed by atoms with Gasteiger partial charge < -0.3 is 9.84 Å². The summed E-state index contributed by atoms with van der Waals surface area (Å²) in [6.45, 7) is 4.86. The number of hydrogen-bond donors (Lipinski definition) is 1. The van der Waals surface area contributed by atoms with Crippen molar-refractivity contribution in [2.75, 3.05) is 13.1 Å². The first-order valence-corrected chi connectivity index (χ1v) is 9.38. The number of fused-ring (bicyclic) bond motifs is 1. The lowest BCUT2D eigenvalue weighted by molar-refractivity contribution is -0.0269. The Morgan fingerprint density at radius 2 is 1.76 bits per heavy atom. The first-order valence-electron chi connectivity index (χ1n) is 9.38. The Morgan fingerprint density at radius 3 is 2.52 bits per heavy atom. The molecule has 25 heavy (non-hydrogen) atoms. The Morgan fingerprint density at radius 1 is 1.04 bits per heavy atom. The maximum Gasteiger partial charge on any atom is 0.0951 e. The number of hydrogen-bond acceptors (Lipinski definition) is 3. The molecule has 0 radical (unpaired) electrons. The molecule has 3 heteroatoms. The Bertz CT molecular complexity index is 721. The molecule has 1 aliphatic carbocycles. The minimum absolute atomic E-state index is 0.231. The van der Waals surface area contributed by atoms with E-state index in [-0.39, 0.29) is 12.1 Å². The van der Waals surface area contributed by atoms with E-state index < -0.39 is 0 Å². The van der Waals surface area contributed by atoms with Gasteiger partial charge in [-0.2, -0.15) is 0 Å². The van der Waals surface area contributed by atoms with E-state index in [1.165, 1.54) is 16.7 Å². The van der Waals surface area contributed by atoms with Gasteiger partial charge in [0.25, 0.3) is 0 Å². The SMILES string of the molecule is Cc1ccccc1COC1CCN(C2Cc3ccccc3C2O)CC1. The number of rotatable bonds is 4. The topological polar surface area (TPSA) is 32.7 Å². The molecule has 2 aromatic rings. The van der Waals surface area contributed by atoms with Crippen LogP contribution >= 0.6 is 0 Å². The largest absolute Gasteiger partial charge is 0.387 e. The highest BCUT2D eigenvalue weighted by molar-refractivity contribution is 5.36. The van der Waals surface area contributed by atoms with Crippen LogP contribution in [-0.4, -0.2) is 35.2 Å². The van der Waals surface area contributed by atoms with Gasteiger partial charge in [0.05, 0.1) is 18.8 Å². The fraction of sp³-hybridized carbons (Fsp3) is 0.455. The first-order chi connectivity index (χ1) is 12.2. The monoisotopic (exact) mass is 337 g/mol. The zero-order valence-corrected chi connectivity index (χ0v) is 14.9. The Hall–Kier alpha value is -1.68. The molecule has 2 atom stereocenters. The first kappa shape index (κ1) is 16.8. The van der Waals surface area contributed by atoms with Gasteiger partial charge in [0.1, 0.15) is 0 Å². The van der Waals surface area contributed by atoms with E-state index in [1.54, 1.807) is 0 Å². The van der Waals surface area contributed by atoms with Crippen molar-refractivity contribution in [2.24, 2.45) is 0 Å². The van der Waals surface area contributed by atoms with E-state index in [2.05, 4.69) is 54.3 Å². The van der Waals surface area contributed by atoms with E-state index >= 15 is 0 Å². The third-order valence-electron chi connectivity index (χ3n) is 5.85. The molecule has 0 bridgehead atoms. The van der Waals surface area contributed by atoms with Gasteiger partial charge in [-0.3, -0.25) is 4.90 Å².